The molecule has 1 aliphatic rings. The van der Waals surface area contributed by atoms with Crippen molar-refractivity contribution in [1.82, 2.24) is 15.5 Å². The van der Waals surface area contributed by atoms with Crippen LogP contribution in [-0.4, -0.2) is 48.7 Å². The third-order valence-electron chi connectivity index (χ3n) is 4.96. The van der Waals surface area contributed by atoms with Crippen LogP contribution in [0.5, 0.6) is 5.75 Å². The van der Waals surface area contributed by atoms with E-state index in [4.69, 9.17) is 4.74 Å². The molecule has 0 radical (unpaired) electrons. The zero-order valence-corrected chi connectivity index (χ0v) is 18.0. The summed E-state index contributed by atoms with van der Waals surface area (Å²) in [5, 5.41) is 5.46. The number of imide groups is 1. The van der Waals surface area contributed by atoms with E-state index in [1.807, 2.05) is 31.2 Å². The Labute approximate surface area is 180 Å². The maximum Gasteiger partial charge on any atom is 0.325 e. The topological polar surface area (TPSA) is 87.7 Å². The van der Waals surface area contributed by atoms with Crippen LogP contribution in [0.4, 0.5) is 4.79 Å². The van der Waals surface area contributed by atoms with Crippen LogP contribution in [0, 0.1) is 6.92 Å². The molecule has 0 spiro atoms. The number of urea groups is 1. The molecule has 4 amide bonds. The van der Waals surface area contributed by atoms with Gasteiger partial charge >= 0.3 is 6.03 Å². The highest BCUT2D eigenvalue weighted by molar-refractivity contribution is 7.99. The maximum absolute atomic E-state index is 12.9. The molecule has 1 unspecified atom stereocenters. The number of carbonyl (C=O) groups excluding carboxylic acids is 3. The first-order valence-electron chi connectivity index (χ1n) is 9.58. The van der Waals surface area contributed by atoms with Crippen molar-refractivity contribution in [3.8, 4) is 5.75 Å². The largest absolute Gasteiger partial charge is 0.497 e. The van der Waals surface area contributed by atoms with Gasteiger partial charge in [-0.05, 0) is 43.7 Å². The highest BCUT2D eigenvalue weighted by atomic mass is 32.2. The average Bonchev–Trinajstić information content (AvgIpc) is 2.96. The van der Waals surface area contributed by atoms with E-state index in [1.165, 1.54) is 5.56 Å². The molecule has 2 aromatic carbocycles. The molecule has 7 nitrogen and oxygen atoms in total. The molecular weight excluding hydrogens is 402 g/mol. The number of methoxy groups -OCH3 is 1. The third-order valence-corrected chi connectivity index (χ3v) is 5.97. The van der Waals surface area contributed by atoms with Gasteiger partial charge in [-0.15, -0.1) is 11.8 Å². The lowest BCUT2D eigenvalue weighted by molar-refractivity contribution is -0.134. The second kappa shape index (κ2) is 9.21. The second-order valence-corrected chi connectivity index (χ2v) is 8.35. The third kappa shape index (κ3) is 4.76. The van der Waals surface area contributed by atoms with E-state index in [0.717, 1.165) is 9.80 Å². The zero-order chi connectivity index (χ0) is 21.7. The molecule has 1 saturated heterocycles. The number of aryl methyl sites for hydroxylation is 1. The Kier molecular flexibility index (Phi) is 6.66. The molecule has 1 aliphatic heterocycles. The molecule has 0 aromatic heterocycles. The summed E-state index contributed by atoms with van der Waals surface area (Å²) < 4.78 is 5.13. The highest BCUT2D eigenvalue weighted by Crippen LogP contribution is 2.29. The van der Waals surface area contributed by atoms with Gasteiger partial charge in [0, 0.05) is 17.2 Å². The highest BCUT2D eigenvalue weighted by Gasteiger charge is 2.49. The summed E-state index contributed by atoms with van der Waals surface area (Å²) in [6.07, 6.45) is 0. The normalized spacial score (nSPS) is 18.3. The molecular formula is C22H25N3O4S. The van der Waals surface area contributed by atoms with Crippen LogP contribution in [0.3, 0.4) is 0 Å². The minimum absolute atomic E-state index is 0.314. The van der Waals surface area contributed by atoms with E-state index in [2.05, 4.69) is 10.6 Å². The van der Waals surface area contributed by atoms with Crippen molar-refractivity contribution in [2.24, 2.45) is 0 Å². The molecule has 30 heavy (non-hydrogen) atoms. The maximum atomic E-state index is 12.9. The van der Waals surface area contributed by atoms with E-state index in [9.17, 15) is 14.4 Å². The van der Waals surface area contributed by atoms with Gasteiger partial charge < -0.3 is 15.4 Å². The minimum atomic E-state index is -1.22. The summed E-state index contributed by atoms with van der Waals surface area (Å²) in [6.45, 7) is 3.79. The number of nitrogens with zero attached hydrogens (tertiary/aromatic N) is 1. The van der Waals surface area contributed by atoms with E-state index in [-0.39, 0.29) is 12.5 Å². The number of hydrogen-bond acceptors (Lipinski definition) is 5. The van der Waals surface area contributed by atoms with Crippen LogP contribution in [-0.2, 0) is 15.1 Å². The second-order valence-electron chi connectivity index (χ2n) is 7.19. The lowest BCUT2D eigenvalue weighted by atomic mass is 9.92. The summed E-state index contributed by atoms with van der Waals surface area (Å²) in [7, 11) is 1.55. The fourth-order valence-corrected chi connectivity index (χ4v) is 3.92. The fraction of sp³-hybridized carbons (Fsp3) is 0.318. The van der Waals surface area contributed by atoms with Crippen molar-refractivity contribution < 1.29 is 19.1 Å². The van der Waals surface area contributed by atoms with Gasteiger partial charge in [-0.25, -0.2) is 4.79 Å². The van der Waals surface area contributed by atoms with Gasteiger partial charge in [0.2, 0.25) is 5.91 Å². The first kappa shape index (κ1) is 21.7. The number of nitrogens with one attached hydrogen (secondary N) is 2. The van der Waals surface area contributed by atoms with E-state index in [0.29, 0.717) is 23.6 Å². The van der Waals surface area contributed by atoms with Crippen LogP contribution in [0.15, 0.2) is 53.4 Å². The number of rotatable bonds is 8. The Bertz CT molecular complexity index is 930. The minimum Gasteiger partial charge on any atom is -0.497 e. The first-order chi connectivity index (χ1) is 14.3. The zero-order valence-electron chi connectivity index (χ0n) is 17.2. The smallest absolute Gasteiger partial charge is 0.325 e. The predicted molar refractivity (Wildman–Crippen MR) is 116 cm³/mol. The van der Waals surface area contributed by atoms with Crippen molar-refractivity contribution in [1.29, 1.82) is 0 Å². The van der Waals surface area contributed by atoms with Crippen molar-refractivity contribution in [2.75, 3.05) is 26.0 Å². The molecule has 8 heteroatoms. The molecule has 1 heterocycles. The lowest BCUT2D eigenvalue weighted by Crippen LogP contribution is -2.43. The van der Waals surface area contributed by atoms with Gasteiger partial charge in [-0.3, -0.25) is 14.5 Å². The van der Waals surface area contributed by atoms with Crippen LogP contribution >= 0.6 is 11.8 Å². The molecule has 0 aliphatic carbocycles. The van der Waals surface area contributed by atoms with Gasteiger partial charge in [-0.1, -0.05) is 29.8 Å². The summed E-state index contributed by atoms with van der Waals surface area (Å²) in [6, 6.07) is 14.5. The average molecular weight is 428 g/mol. The van der Waals surface area contributed by atoms with Crippen LogP contribution in [0.2, 0.25) is 0 Å². The number of benzene rings is 2. The number of thioether (sulfide) groups is 1. The van der Waals surface area contributed by atoms with Gasteiger partial charge in [0.25, 0.3) is 5.91 Å². The number of hydrogen-bond donors (Lipinski definition) is 2. The van der Waals surface area contributed by atoms with Crippen LogP contribution in [0.25, 0.3) is 0 Å². The van der Waals surface area contributed by atoms with E-state index >= 15 is 0 Å². The Balaban J connectivity index is 1.52. The van der Waals surface area contributed by atoms with Crippen LogP contribution < -0.4 is 15.4 Å². The quantitative estimate of drug-likeness (QED) is 0.384. The SMILES string of the molecule is COc1ccc(C2(C)NC(=O)N(CC(=O)NCCSc3ccc(C)cc3)C2=O)cc1. The summed E-state index contributed by atoms with van der Waals surface area (Å²) in [5.74, 6) is 0.515. The predicted octanol–water partition coefficient (Wildman–Crippen LogP) is 2.68. The van der Waals surface area contributed by atoms with E-state index < -0.39 is 17.5 Å². The fourth-order valence-electron chi connectivity index (χ4n) is 3.15. The van der Waals surface area contributed by atoms with Gasteiger partial charge in [0.1, 0.15) is 17.8 Å². The number of amides is 4. The molecule has 0 saturated carbocycles. The molecule has 2 N–H and O–H groups in total. The van der Waals surface area contributed by atoms with Gasteiger partial charge in [0.05, 0.1) is 7.11 Å². The van der Waals surface area contributed by atoms with E-state index in [1.54, 1.807) is 50.1 Å². The molecule has 158 valence electrons. The summed E-state index contributed by atoms with van der Waals surface area (Å²) >= 11 is 1.63. The molecule has 1 atom stereocenters. The summed E-state index contributed by atoms with van der Waals surface area (Å²) in [5.41, 5.74) is 0.604. The number of ether oxygens (including phenoxy) is 1. The molecule has 1 fully saturated rings. The van der Waals surface area contributed by atoms with Crippen molar-refractivity contribution in [3.63, 3.8) is 0 Å². The molecule has 2 aromatic rings. The number of carbonyl (C=O) groups is 3. The summed E-state index contributed by atoms with van der Waals surface area (Å²) in [4.78, 5) is 39.6. The van der Waals surface area contributed by atoms with Crippen molar-refractivity contribution >= 4 is 29.6 Å². The van der Waals surface area contributed by atoms with Crippen LogP contribution in [0.1, 0.15) is 18.1 Å². The molecule has 3 rings (SSSR count). The molecule has 0 bridgehead atoms. The Morgan fingerprint density at radius 3 is 2.43 bits per heavy atom. The van der Waals surface area contributed by atoms with Gasteiger partial charge in [0.15, 0.2) is 0 Å². The Hall–Kier alpha value is -3.00. The Morgan fingerprint density at radius 1 is 1.13 bits per heavy atom. The Morgan fingerprint density at radius 2 is 1.80 bits per heavy atom. The van der Waals surface area contributed by atoms with Gasteiger partial charge in [-0.2, -0.15) is 0 Å². The monoisotopic (exact) mass is 427 g/mol. The van der Waals surface area contributed by atoms with Crippen molar-refractivity contribution in [2.45, 2.75) is 24.3 Å². The lowest BCUT2D eigenvalue weighted by Gasteiger charge is -2.22. The first-order valence-corrected chi connectivity index (χ1v) is 10.6. The van der Waals surface area contributed by atoms with Crippen molar-refractivity contribution in [3.05, 3.63) is 59.7 Å². The standard InChI is InChI=1S/C22H25N3O4S/c1-15-4-10-18(11-5-15)30-13-12-23-19(26)14-25-20(27)22(2,24-21(25)28)16-6-8-17(29-3)9-7-16/h4-11H,12-14H2,1-3H3,(H,23,26)(H,24,28).